The minimum absolute atomic E-state index is 0.199. The average Bonchev–Trinajstić information content (AvgIpc) is 2.95. The molecular formula is C17H14N2O2S. The second kappa shape index (κ2) is 6.41. The Hall–Kier alpha value is -2.66. The van der Waals surface area contributed by atoms with Crippen LogP contribution in [0.2, 0.25) is 0 Å². The van der Waals surface area contributed by atoms with Crippen molar-refractivity contribution in [3.63, 3.8) is 0 Å². The normalized spacial score (nSPS) is 11.0. The largest absolute Gasteiger partial charge is 0.497 e. The first kappa shape index (κ1) is 14.3. The van der Waals surface area contributed by atoms with Gasteiger partial charge in [0.25, 0.3) is 0 Å². The van der Waals surface area contributed by atoms with Gasteiger partial charge in [-0.1, -0.05) is 41.7 Å². The van der Waals surface area contributed by atoms with Crippen LogP contribution in [0.3, 0.4) is 0 Å². The number of hydrogen-bond acceptors (Lipinski definition) is 4. The number of aromatic nitrogens is 1. The van der Waals surface area contributed by atoms with Gasteiger partial charge in [0.15, 0.2) is 5.13 Å². The van der Waals surface area contributed by atoms with Gasteiger partial charge in [-0.2, -0.15) is 0 Å². The maximum absolute atomic E-state index is 11.9. The maximum Gasteiger partial charge on any atom is 0.250 e. The van der Waals surface area contributed by atoms with Crippen molar-refractivity contribution in [3.05, 3.63) is 60.2 Å². The van der Waals surface area contributed by atoms with Crippen molar-refractivity contribution in [2.45, 2.75) is 0 Å². The summed E-state index contributed by atoms with van der Waals surface area (Å²) in [6.45, 7) is 0. The number of benzene rings is 2. The van der Waals surface area contributed by atoms with Crippen molar-refractivity contribution in [2.24, 2.45) is 0 Å². The van der Waals surface area contributed by atoms with Crippen LogP contribution >= 0.6 is 11.3 Å². The van der Waals surface area contributed by atoms with Crippen molar-refractivity contribution >= 4 is 38.7 Å². The van der Waals surface area contributed by atoms with Crippen LogP contribution in [0, 0.1) is 0 Å². The van der Waals surface area contributed by atoms with Crippen LogP contribution in [0.15, 0.2) is 54.6 Å². The number of nitrogens with zero attached hydrogens (tertiary/aromatic N) is 1. The SMILES string of the molecule is COc1ccc2sc(NC(=O)/C=C/c3ccccc3)nc2c1. The third-order valence-corrected chi connectivity index (χ3v) is 4.00. The number of carbonyl (C=O) groups excluding carboxylic acids is 1. The van der Waals surface area contributed by atoms with E-state index in [1.54, 1.807) is 13.2 Å². The number of anilines is 1. The second-order valence-corrected chi connectivity index (χ2v) is 5.62. The molecule has 0 unspecified atom stereocenters. The van der Waals surface area contributed by atoms with Gasteiger partial charge in [-0.05, 0) is 23.8 Å². The van der Waals surface area contributed by atoms with Crippen molar-refractivity contribution in [3.8, 4) is 5.75 Å². The summed E-state index contributed by atoms with van der Waals surface area (Å²) in [6, 6.07) is 15.3. The van der Waals surface area contributed by atoms with Gasteiger partial charge in [-0.3, -0.25) is 10.1 Å². The highest BCUT2D eigenvalue weighted by atomic mass is 32.1. The number of amides is 1. The lowest BCUT2D eigenvalue weighted by Crippen LogP contribution is -2.07. The molecule has 22 heavy (non-hydrogen) atoms. The van der Waals surface area contributed by atoms with E-state index in [-0.39, 0.29) is 5.91 Å². The number of ether oxygens (including phenoxy) is 1. The van der Waals surface area contributed by atoms with Gasteiger partial charge in [-0.25, -0.2) is 4.98 Å². The van der Waals surface area contributed by atoms with Gasteiger partial charge in [0.1, 0.15) is 5.75 Å². The summed E-state index contributed by atoms with van der Waals surface area (Å²) >= 11 is 1.43. The van der Waals surface area contributed by atoms with Gasteiger partial charge in [0.2, 0.25) is 5.91 Å². The van der Waals surface area contributed by atoms with E-state index < -0.39 is 0 Å². The lowest BCUT2D eigenvalue weighted by atomic mass is 10.2. The van der Waals surface area contributed by atoms with Crippen LogP contribution < -0.4 is 10.1 Å². The maximum atomic E-state index is 11.9. The molecule has 0 saturated heterocycles. The van der Waals surface area contributed by atoms with Gasteiger partial charge >= 0.3 is 0 Å². The molecular weight excluding hydrogens is 296 g/mol. The van der Waals surface area contributed by atoms with Crippen LogP contribution in [0.5, 0.6) is 5.75 Å². The first-order chi connectivity index (χ1) is 10.7. The Kier molecular flexibility index (Phi) is 4.16. The highest BCUT2D eigenvalue weighted by Crippen LogP contribution is 2.28. The summed E-state index contributed by atoms with van der Waals surface area (Å²) in [4.78, 5) is 16.3. The minimum atomic E-state index is -0.199. The molecule has 0 radical (unpaired) electrons. The highest BCUT2D eigenvalue weighted by molar-refractivity contribution is 7.22. The Morgan fingerprint density at radius 1 is 1.23 bits per heavy atom. The molecule has 0 fully saturated rings. The number of hydrogen-bond donors (Lipinski definition) is 1. The van der Waals surface area contributed by atoms with E-state index in [2.05, 4.69) is 10.3 Å². The second-order valence-electron chi connectivity index (χ2n) is 4.59. The first-order valence-electron chi connectivity index (χ1n) is 6.73. The Morgan fingerprint density at radius 2 is 2.05 bits per heavy atom. The molecule has 0 aliphatic rings. The van der Waals surface area contributed by atoms with Crippen molar-refractivity contribution in [1.29, 1.82) is 0 Å². The molecule has 5 heteroatoms. The fraction of sp³-hybridized carbons (Fsp3) is 0.0588. The van der Waals surface area contributed by atoms with Crippen LogP contribution in [0.1, 0.15) is 5.56 Å². The zero-order valence-electron chi connectivity index (χ0n) is 11.9. The number of nitrogens with one attached hydrogen (secondary N) is 1. The van der Waals surface area contributed by atoms with E-state index in [0.717, 1.165) is 21.5 Å². The molecule has 0 bridgehead atoms. The Bertz CT molecular complexity index is 825. The fourth-order valence-electron chi connectivity index (χ4n) is 1.97. The molecule has 1 amide bonds. The number of fused-ring (bicyclic) bond motifs is 1. The summed E-state index contributed by atoms with van der Waals surface area (Å²) < 4.78 is 6.17. The Balaban J connectivity index is 1.72. The number of rotatable bonds is 4. The van der Waals surface area contributed by atoms with Crippen molar-refractivity contribution in [1.82, 2.24) is 4.98 Å². The lowest BCUT2D eigenvalue weighted by molar-refractivity contribution is -0.111. The first-order valence-corrected chi connectivity index (χ1v) is 7.55. The third-order valence-electron chi connectivity index (χ3n) is 3.05. The molecule has 0 aliphatic carbocycles. The number of thiazole rings is 1. The molecule has 2 aromatic carbocycles. The molecule has 4 nitrogen and oxygen atoms in total. The molecule has 0 saturated carbocycles. The van der Waals surface area contributed by atoms with Gasteiger partial charge in [-0.15, -0.1) is 0 Å². The Labute approximate surface area is 132 Å². The summed E-state index contributed by atoms with van der Waals surface area (Å²) in [5.41, 5.74) is 1.79. The highest BCUT2D eigenvalue weighted by Gasteiger charge is 2.06. The van der Waals surface area contributed by atoms with Crippen molar-refractivity contribution in [2.75, 3.05) is 12.4 Å². The number of methoxy groups -OCH3 is 1. The quantitative estimate of drug-likeness (QED) is 0.742. The van der Waals surface area contributed by atoms with E-state index in [4.69, 9.17) is 4.74 Å². The lowest BCUT2D eigenvalue weighted by Gasteiger charge is -1.96. The van der Waals surface area contributed by atoms with Crippen LogP contribution in [0.4, 0.5) is 5.13 Å². The molecule has 110 valence electrons. The average molecular weight is 310 g/mol. The predicted octanol–water partition coefficient (Wildman–Crippen LogP) is 3.96. The zero-order chi connectivity index (χ0) is 15.4. The van der Waals surface area contributed by atoms with Crippen LogP contribution in [-0.4, -0.2) is 18.0 Å². The van der Waals surface area contributed by atoms with Crippen LogP contribution in [0.25, 0.3) is 16.3 Å². The van der Waals surface area contributed by atoms with Gasteiger partial charge in [0.05, 0.1) is 17.3 Å². The monoisotopic (exact) mass is 310 g/mol. The molecule has 1 heterocycles. The predicted molar refractivity (Wildman–Crippen MR) is 90.3 cm³/mol. The Morgan fingerprint density at radius 3 is 2.82 bits per heavy atom. The summed E-state index contributed by atoms with van der Waals surface area (Å²) in [5.74, 6) is 0.550. The fourth-order valence-corrected chi connectivity index (χ4v) is 2.82. The van der Waals surface area contributed by atoms with Gasteiger partial charge in [0, 0.05) is 12.1 Å². The zero-order valence-corrected chi connectivity index (χ0v) is 12.8. The molecule has 0 atom stereocenters. The summed E-state index contributed by atoms with van der Waals surface area (Å²) in [6.07, 6.45) is 3.27. The molecule has 0 spiro atoms. The minimum Gasteiger partial charge on any atom is -0.497 e. The van der Waals surface area contributed by atoms with Crippen LogP contribution in [-0.2, 0) is 4.79 Å². The van der Waals surface area contributed by atoms with E-state index in [1.165, 1.54) is 17.4 Å². The van der Waals surface area contributed by atoms with E-state index in [0.29, 0.717) is 5.13 Å². The van der Waals surface area contributed by atoms with Gasteiger partial charge < -0.3 is 4.74 Å². The molecule has 3 rings (SSSR count). The molecule has 1 aromatic heterocycles. The van der Waals surface area contributed by atoms with Crippen molar-refractivity contribution < 1.29 is 9.53 Å². The van der Waals surface area contributed by atoms with E-state index in [1.807, 2.05) is 48.5 Å². The summed E-state index contributed by atoms with van der Waals surface area (Å²) in [5, 5.41) is 3.35. The van der Waals surface area contributed by atoms with E-state index in [9.17, 15) is 4.79 Å². The van der Waals surface area contributed by atoms with E-state index >= 15 is 0 Å². The number of carbonyl (C=O) groups is 1. The molecule has 3 aromatic rings. The molecule has 0 aliphatic heterocycles. The topological polar surface area (TPSA) is 51.2 Å². The third kappa shape index (κ3) is 3.32. The smallest absolute Gasteiger partial charge is 0.250 e. The standard InChI is InChI=1S/C17H14N2O2S/c1-21-13-8-9-15-14(11-13)18-17(22-15)19-16(20)10-7-12-5-3-2-4-6-12/h2-11H,1H3,(H,18,19,20)/b10-7+. The molecule has 1 N–H and O–H groups in total. The summed E-state index contributed by atoms with van der Waals surface area (Å²) in [7, 11) is 1.62.